The molecule has 0 unspecified atom stereocenters. The molecule has 0 spiro atoms. The molecule has 0 aliphatic heterocycles. The number of methoxy groups -OCH3 is 2. The monoisotopic (exact) mass is 386 g/mol. The van der Waals surface area contributed by atoms with Gasteiger partial charge in [-0.1, -0.05) is 18.2 Å². The average molecular weight is 386 g/mol. The molecule has 7 heteroatoms. The van der Waals surface area contributed by atoms with E-state index in [1.54, 1.807) is 24.6 Å². The molecule has 2 aromatic carbocycles. The molecule has 1 aromatic heterocycles. The highest BCUT2D eigenvalue weighted by Crippen LogP contribution is 2.28. The lowest BCUT2D eigenvalue weighted by molar-refractivity contribution is 0.0950. The summed E-state index contributed by atoms with van der Waals surface area (Å²) in [6.07, 6.45) is 0.639. The fraction of sp³-hybridized carbons (Fsp3) is 0.200. The number of thiazole rings is 1. The van der Waals surface area contributed by atoms with Crippen LogP contribution in [0.4, 0.5) is 4.39 Å². The normalized spacial score (nSPS) is 10.5. The van der Waals surface area contributed by atoms with Gasteiger partial charge in [-0.2, -0.15) is 0 Å². The number of ether oxygens (including phenoxy) is 2. The van der Waals surface area contributed by atoms with Crippen molar-refractivity contribution in [1.29, 1.82) is 0 Å². The molecule has 3 aromatic rings. The van der Waals surface area contributed by atoms with Crippen molar-refractivity contribution < 1.29 is 18.7 Å². The van der Waals surface area contributed by atoms with Crippen LogP contribution in [0, 0.1) is 5.82 Å². The topological polar surface area (TPSA) is 60.5 Å². The average Bonchev–Trinajstić information content (AvgIpc) is 3.18. The molecule has 0 aliphatic carbocycles. The van der Waals surface area contributed by atoms with Crippen molar-refractivity contribution in [3.63, 3.8) is 0 Å². The minimum atomic E-state index is -0.438. The molecule has 5 nitrogen and oxygen atoms in total. The number of carbonyl (C=O) groups excluding carboxylic acids is 1. The maximum absolute atomic E-state index is 14.2. The summed E-state index contributed by atoms with van der Waals surface area (Å²) >= 11 is 1.22. The fourth-order valence-corrected chi connectivity index (χ4v) is 3.44. The third-order valence-electron chi connectivity index (χ3n) is 4.02. The molecule has 0 saturated carbocycles. The Bertz CT molecular complexity index is 942. The molecule has 0 saturated heterocycles. The number of aromatic nitrogens is 1. The Hall–Kier alpha value is -2.93. The molecule has 140 valence electrons. The van der Waals surface area contributed by atoms with Crippen LogP contribution in [0.25, 0.3) is 10.6 Å². The number of hydrogen-bond acceptors (Lipinski definition) is 5. The van der Waals surface area contributed by atoms with Gasteiger partial charge in [0.1, 0.15) is 28.0 Å². The first-order chi connectivity index (χ1) is 13.1. The van der Waals surface area contributed by atoms with Crippen LogP contribution in [-0.4, -0.2) is 31.7 Å². The van der Waals surface area contributed by atoms with E-state index < -0.39 is 5.82 Å². The molecular weight excluding hydrogens is 367 g/mol. The Kier molecular flexibility index (Phi) is 6.03. The van der Waals surface area contributed by atoms with Crippen LogP contribution >= 0.6 is 11.3 Å². The van der Waals surface area contributed by atoms with Crippen molar-refractivity contribution >= 4 is 17.2 Å². The highest BCUT2D eigenvalue weighted by Gasteiger charge is 2.15. The first-order valence-electron chi connectivity index (χ1n) is 8.32. The molecule has 1 heterocycles. The van der Waals surface area contributed by atoms with Crippen molar-refractivity contribution in [2.45, 2.75) is 6.42 Å². The van der Waals surface area contributed by atoms with Gasteiger partial charge in [-0.05, 0) is 30.2 Å². The van der Waals surface area contributed by atoms with Crippen molar-refractivity contribution in [2.24, 2.45) is 0 Å². The van der Waals surface area contributed by atoms with Gasteiger partial charge in [0.25, 0.3) is 5.91 Å². The molecule has 27 heavy (non-hydrogen) atoms. The first kappa shape index (κ1) is 18.8. The number of nitrogens with zero attached hydrogens (tertiary/aromatic N) is 1. The highest BCUT2D eigenvalue weighted by atomic mass is 32.1. The molecule has 0 radical (unpaired) electrons. The number of amides is 1. The van der Waals surface area contributed by atoms with E-state index in [4.69, 9.17) is 9.47 Å². The van der Waals surface area contributed by atoms with Gasteiger partial charge in [-0.25, -0.2) is 9.37 Å². The number of benzene rings is 2. The van der Waals surface area contributed by atoms with Crippen LogP contribution < -0.4 is 14.8 Å². The zero-order chi connectivity index (χ0) is 19.2. The second kappa shape index (κ2) is 8.64. The highest BCUT2D eigenvalue weighted by molar-refractivity contribution is 7.13. The lowest BCUT2D eigenvalue weighted by atomic mass is 10.1. The van der Waals surface area contributed by atoms with Gasteiger partial charge in [0.05, 0.1) is 14.2 Å². The van der Waals surface area contributed by atoms with E-state index in [1.165, 1.54) is 24.5 Å². The summed E-state index contributed by atoms with van der Waals surface area (Å²) in [5.74, 6) is 0.493. The van der Waals surface area contributed by atoms with Crippen LogP contribution in [0.1, 0.15) is 16.1 Å². The number of para-hydroxylation sites is 1. The Balaban J connectivity index is 1.63. The maximum atomic E-state index is 14.2. The van der Waals surface area contributed by atoms with E-state index in [2.05, 4.69) is 10.3 Å². The summed E-state index contributed by atoms with van der Waals surface area (Å²) in [6.45, 7) is 0.447. The zero-order valence-corrected chi connectivity index (χ0v) is 15.8. The summed E-state index contributed by atoms with van der Waals surface area (Å²) in [7, 11) is 3.10. The lowest BCUT2D eigenvalue weighted by Gasteiger charge is -2.08. The van der Waals surface area contributed by atoms with Crippen LogP contribution in [-0.2, 0) is 6.42 Å². The molecule has 1 N–H and O–H groups in total. The summed E-state index contributed by atoms with van der Waals surface area (Å²) in [4.78, 5) is 16.6. The van der Waals surface area contributed by atoms with E-state index in [9.17, 15) is 9.18 Å². The molecule has 0 aliphatic rings. The molecule has 0 bridgehead atoms. The van der Waals surface area contributed by atoms with Gasteiger partial charge in [0.15, 0.2) is 0 Å². The summed E-state index contributed by atoms with van der Waals surface area (Å²) < 4.78 is 24.5. The Morgan fingerprint density at radius 1 is 1.19 bits per heavy atom. The van der Waals surface area contributed by atoms with Crippen molar-refractivity contribution in [3.8, 4) is 22.1 Å². The Morgan fingerprint density at radius 2 is 2.00 bits per heavy atom. The largest absolute Gasteiger partial charge is 0.497 e. The number of carbonyl (C=O) groups is 1. The second-order valence-electron chi connectivity index (χ2n) is 5.70. The third-order valence-corrected chi connectivity index (χ3v) is 4.89. The molecule has 1 amide bonds. The molecular formula is C20H19FN2O3S. The van der Waals surface area contributed by atoms with Gasteiger partial charge < -0.3 is 14.8 Å². The van der Waals surface area contributed by atoms with Crippen LogP contribution in [0.15, 0.2) is 47.8 Å². The smallest absolute Gasteiger partial charge is 0.270 e. The number of rotatable bonds is 7. The Morgan fingerprint density at radius 3 is 2.74 bits per heavy atom. The van der Waals surface area contributed by atoms with E-state index in [0.717, 1.165) is 11.3 Å². The standard InChI is InChI=1S/C20H19FN2O3S/c1-25-14-7-8-15(16(21)11-14)20-23-17(12-27-20)19(24)22-10-9-13-5-3-4-6-18(13)26-2/h3-8,11-12H,9-10H2,1-2H3,(H,22,24). The van der Waals surface area contributed by atoms with Gasteiger partial charge in [0, 0.05) is 23.6 Å². The van der Waals surface area contributed by atoms with E-state index >= 15 is 0 Å². The van der Waals surface area contributed by atoms with Crippen LogP contribution in [0.2, 0.25) is 0 Å². The fourth-order valence-electron chi connectivity index (χ4n) is 2.61. The summed E-state index contributed by atoms with van der Waals surface area (Å²) in [6, 6.07) is 12.2. The molecule has 3 rings (SSSR count). The number of hydrogen-bond donors (Lipinski definition) is 1. The predicted molar refractivity (Wildman–Crippen MR) is 103 cm³/mol. The first-order valence-corrected chi connectivity index (χ1v) is 9.20. The SMILES string of the molecule is COc1ccc(-c2nc(C(=O)NCCc3ccccc3OC)cs2)c(F)c1. The van der Waals surface area contributed by atoms with E-state index in [-0.39, 0.29) is 11.6 Å². The van der Waals surface area contributed by atoms with Crippen LogP contribution in [0.3, 0.4) is 0 Å². The van der Waals surface area contributed by atoms with E-state index in [1.807, 2.05) is 24.3 Å². The molecule has 0 fully saturated rings. The lowest BCUT2D eigenvalue weighted by Crippen LogP contribution is -2.26. The van der Waals surface area contributed by atoms with Crippen LogP contribution in [0.5, 0.6) is 11.5 Å². The van der Waals surface area contributed by atoms with Crippen molar-refractivity contribution in [1.82, 2.24) is 10.3 Å². The Labute approximate surface area is 160 Å². The van der Waals surface area contributed by atoms with Gasteiger partial charge >= 0.3 is 0 Å². The minimum Gasteiger partial charge on any atom is -0.497 e. The van der Waals surface area contributed by atoms with Gasteiger partial charge in [0.2, 0.25) is 0 Å². The second-order valence-corrected chi connectivity index (χ2v) is 6.56. The minimum absolute atomic E-state index is 0.269. The number of halogens is 1. The van der Waals surface area contributed by atoms with Crippen molar-refractivity contribution in [2.75, 3.05) is 20.8 Å². The third kappa shape index (κ3) is 4.43. The summed E-state index contributed by atoms with van der Waals surface area (Å²) in [5.41, 5.74) is 1.62. The van der Waals surface area contributed by atoms with E-state index in [0.29, 0.717) is 29.3 Å². The van der Waals surface area contributed by atoms with Gasteiger partial charge in [-0.15, -0.1) is 11.3 Å². The molecule has 0 atom stereocenters. The maximum Gasteiger partial charge on any atom is 0.270 e. The number of nitrogens with one attached hydrogen (secondary N) is 1. The predicted octanol–water partition coefficient (Wildman–Crippen LogP) is 3.94. The van der Waals surface area contributed by atoms with Crippen molar-refractivity contribution in [3.05, 3.63) is 64.9 Å². The van der Waals surface area contributed by atoms with Gasteiger partial charge in [-0.3, -0.25) is 4.79 Å². The quantitative estimate of drug-likeness (QED) is 0.668. The summed E-state index contributed by atoms with van der Waals surface area (Å²) in [5, 5.41) is 4.90. The zero-order valence-electron chi connectivity index (χ0n) is 15.0.